The molecule has 0 saturated heterocycles. The van der Waals surface area contributed by atoms with Crippen molar-refractivity contribution in [2.24, 2.45) is 22.2 Å². The molecule has 84 valence electrons. The SMILES string of the molecule is CC1CN=C(NCC2(C3CC3)CC2)SC1. The van der Waals surface area contributed by atoms with Gasteiger partial charge >= 0.3 is 0 Å². The molecule has 3 aliphatic rings. The summed E-state index contributed by atoms with van der Waals surface area (Å²) in [6, 6.07) is 0. The van der Waals surface area contributed by atoms with E-state index >= 15 is 0 Å². The molecule has 1 N–H and O–H groups in total. The summed E-state index contributed by atoms with van der Waals surface area (Å²) in [4.78, 5) is 4.59. The predicted octanol–water partition coefficient (Wildman–Crippen LogP) is 2.51. The van der Waals surface area contributed by atoms with Crippen molar-refractivity contribution in [1.82, 2.24) is 5.32 Å². The van der Waals surface area contributed by atoms with Gasteiger partial charge in [0.15, 0.2) is 5.17 Å². The highest BCUT2D eigenvalue weighted by atomic mass is 32.2. The Morgan fingerprint density at radius 1 is 1.47 bits per heavy atom. The topological polar surface area (TPSA) is 24.4 Å². The van der Waals surface area contributed by atoms with Gasteiger partial charge in [-0.1, -0.05) is 18.7 Å². The molecule has 2 saturated carbocycles. The Balaban J connectivity index is 1.49. The summed E-state index contributed by atoms with van der Waals surface area (Å²) < 4.78 is 0. The van der Waals surface area contributed by atoms with Gasteiger partial charge in [-0.2, -0.15) is 0 Å². The standard InChI is InChI=1S/C12H20N2S/c1-9-6-13-11(15-7-9)14-8-12(4-5-12)10-2-3-10/h9-10H,2-8H2,1H3,(H,13,14). The van der Waals surface area contributed by atoms with E-state index in [1.54, 1.807) is 0 Å². The zero-order valence-corrected chi connectivity index (χ0v) is 10.3. The molecule has 0 radical (unpaired) electrons. The molecule has 15 heavy (non-hydrogen) atoms. The Morgan fingerprint density at radius 2 is 2.27 bits per heavy atom. The van der Waals surface area contributed by atoms with Crippen LogP contribution in [0.3, 0.4) is 0 Å². The van der Waals surface area contributed by atoms with Crippen LogP contribution in [0.4, 0.5) is 0 Å². The first-order chi connectivity index (χ1) is 7.28. The maximum Gasteiger partial charge on any atom is 0.156 e. The highest BCUT2D eigenvalue weighted by Gasteiger charge is 2.53. The molecule has 1 aliphatic heterocycles. The van der Waals surface area contributed by atoms with Crippen LogP contribution in [0.2, 0.25) is 0 Å². The van der Waals surface area contributed by atoms with Gasteiger partial charge in [0, 0.05) is 18.8 Å². The summed E-state index contributed by atoms with van der Waals surface area (Å²) in [5.41, 5.74) is 0.701. The molecular formula is C12H20N2S. The van der Waals surface area contributed by atoms with E-state index in [2.05, 4.69) is 17.2 Å². The van der Waals surface area contributed by atoms with Crippen molar-refractivity contribution in [3.05, 3.63) is 0 Å². The number of rotatable bonds is 3. The van der Waals surface area contributed by atoms with Crippen LogP contribution >= 0.6 is 11.8 Å². The molecule has 0 spiro atoms. The maximum absolute atomic E-state index is 4.59. The van der Waals surface area contributed by atoms with Crippen molar-refractivity contribution in [1.29, 1.82) is 0 Å². The zero-order chi connectivity index (χ0) is 10.3. The van der Waals surface area contributed by atoms with E-state index in [0.717, 1.165) is 18.4 Å². The van der Waals surface area contributed by atoms with Gasteiger partial charge < -0.3 is 5.32 Å². The normalized spacial score (nSPS) is 33.4. The van der Waals surface area contributed by atoms with E-state index in [9.17, 15) is 0 Å². The van der Waals surface area contributed by atoms with E-state index in [1.807, 2.05) is 11.8 Å². The monoisotopic (exact) mass is 224 g/mol. The van der Waals surface area contributed by atoms with Crippen molar-refractivity contribution < 1.29 is 0 Å². The lowest BCUT2D eigenvalue weighted by Gasteiger charge is -2.21. The summed E-state index contributed by atoms with van der Waals surface area (Å²) in [6.07, 6.45) is 5.88. The third-order valence-electron chi connectivity index (χ3n) is 3.98. The second-order valence-corrected chi connectivity index (χ2v) is 6.56. The van der Waals surface area contributed by atoms with Crippen LogP contribution in [0.5, 0.6) is 0 Å². The summed E-state index contributed by atoms with van der Waals surface area (Å²) in [5, 5.41) is 4.79. The van der Waals surface area contributed by atoms with Gasteiger partial charge in [0.25, 0.3) is 0 Å². The Bertz CT molecular complexity index is 279. The Hall–Kier alpha value is -0.180. The van der Waals surface area contributed by atoms with Gasteiger partial charge in [-0.15, -0.1) is 0 Å². The Kier molecular flexibility index (Phi) is 2.46. The number of nitrogens with zero attached hydrogens (tertiary/aromatic N) is 1. The summed E-state index contributed by atoms with van der Waals surface area (Å²) in [6.45, 7) is 4.49. The molecule has 2 nitrogen and oxygen atoms in total. The quantitative estimate of drug-likeness (QED) is 0.796. The van der Waals surface area contributed by atoms with Crippen LogP contribution in [0.25, 0.3) is 0 Å². The molecule has 2 aliphatic carbocycles. The minimum Gasteiger partial charge on any atom is -0.364 e. The number of thioether (sulfide) groups is 1. The van der Waals surface area contributed by atoms with Gasteiger partial charge in [0.2, 0.25) is 0 Å². The van der Waals surface area contributed by atoms with Crippen molar-refractivity contribution in [2.45, 2.75) is 32.6 Å². The van der Waals surface area contributed by atoms with Crippen LogP contribution in [-0.4, -0.2) is 24.0 Å². The molecule has 0 aromatic heterocycles. The van der Waals surface area contributed by atoms with Gasteiger partial charge in [-0.25, -0.2) is 0 Å². The zero-order valence-electron chi connectivity index (χ0n) is 9.46. The molecule has 3 heteroatoms. The molecule has 1 heterocycles. The lowest BCUT2D eigenvalue weighted by molar-refractivity contribution is 0.434. The fourth-order valence-electron chi connectivity index (χ4n) is 2.50. The van der Waals surface area contributed by atoms with Crippen molar-refractivity contribution >= 4 is 16.9 Å². The van der Waals surface area contributed by atoms with Crippen LogP contribution in [-0.2, 0) is 0 Å². The average molecular weight is 224 g/mol. The van der Waals surface area contributed by atoms with Crippen molar-refractivity contribution in [2.75, 3.05) is 18.8 Å². The molecule has 0 aromatic carbocycles. The molecule has 1 atom stereocenters. The number of nitrogens with one attached hydrogen (secondary N) is 1. The van der Waals surface area contributed by atoms with Gasteiger partial charge in [0.1, 0.15) is 0 Å². The second-order valence-electron chi connectivity index (χ2n) is 5.55. The molecule has 2 fully saturated rings. The molecular weight excluding hydrogens is 204 g/mol. The number of hydrogen-bond donors (Lipinski definition) is 1. The summed E-state index contributed by atoms with van der Waals surface area (Å²) >= 11 is 1.91. The highest BCUT2D eigenvalue weighted by Crippen LogP contribution is 2.60. The van der Waals surface area contributed by atoms with Gasteiger partial charge in [0.05, 0.1) is 0 Å². The Labute approximate surface area is 96.3 Å². The second kappa shape index (κ2) is 3.69. The molecule has 0 aromatic rings. The molecule has 0 amide bonds. The highest BCUT2D eigenvalue weighted by molar-refractivity contribution is 8.13. The third-order valence-corrected chi connectivity index (χ3v) is 5.26. The smallest absolute Gasteiger partial charge is 0.156 e. The number of amidine groups is 1. The minimum absolute atomic E-state index is 0.701. The van der Waals surface area contributed by atoms with Crippen LogP contribution in [0.15, 0.2) is 4.99 Å². The largest absolute Gasteiger partial charge is 0.364 e. The molecule has 3 rings (SSSR count). The summed E-state index contributed by atoms with van der Waals surface area (Å²) in [7, 11) is 0. The van der Waals surface area contributed by atoms with E-state index < -0.39 is 0 Å². The van der Waals surface area contributed by atoms with E-state index in [0.29, 0.717) is 5.41 Å². The first kappa shape index (κ1) is 10.0. The lowest BCUT2D eigenvalue weighted by Crippen LogP contribution is -2.32. The van der Waals surface area contributed by atoms with Gasteiger partial charge in [-0.05, 0) is 42.9 Å². The maximum atomic E-state index is 4.59. The third kappa shape index (κ3) is 2.17. The average Bonchev–Trinajstić information content (AvgIpc) is 3.10. The van der Waals surface area contributed by atoms with E-state index in [1.165, 1.54) is 43.1 Å². The van der Waals surface area contributed by atoms with E-state index in [4.69, 9.17) is 0 Å². The predicted molar refractivity (Wildman–Crippen MR) is 66.3 cm³/mol. The first-order valence-corrected chi connectivity index (χ1v) is 7.18. The first-order valence-electron chi connectivity index (χ1n) is 6.20. The van der Waals surface area contributed by atoms with Crippen LogP contribution in [0, 0.1) is 17.3 Å². The van der Waals surface area contributed by atoms with Crippen molar-refractivity contribution in [3.8, 4) is 0 Å². The van der Waals surface area contributed by atoms with E-state index in [-0.39, 0.29) is 0 Å². The minimum atomic E-state index is 0.701. The molecule has 1 unspecified atom stereocenters. The van der Waals surface area contributed by atoms with Crippen molar-refractivity contribution in [3.63, 3.8) is 0 Å². The fourth-order valence-corrected chi connectivity index (χ4v) is 3.39. The summed E-state index contributed by atoms with van der Waals surface area (Å²) in [5.74, 6) is 3.06. The van der Waals surface area contributed by atoms with Gasteiger partial charge in [-0.3, -0.25) is 4.99 Å². The lowest BCUT2D eigenvalue weighted by atomic mass is 10.0. The van der Waals surface area contributed by atoms with Crippen LogP contribution < -0.4 is 5.32 Å². The number of aliphatic imine (C=N–C) groups is 1. The number of hydrogen-bond acceptors (Lipinski definition) is 3. The fraction of sp³-hybridized carbons (Fsp3) is 0.917. The Morgan fingerprint density at radius 3 is 2.80 bits per heavy atom. The molecule has 0 bridgehead atoms. The van der Waals surface area contributed by atoms with Crippen LogP contribution in [0.1, 0.15) is 32.6 Å².